The molecule has 1 heterocycles. The van der Waals surface area contributed by atoms with Crippen LogP contribution in [0.25, 0.3) is 0 Å². The van der Waals surface area contributed by atoms with Gasteiger partial charge in [0.1, 0.15) is 5.69 Å². The second kappa shape index (κ2) is 6.99. The van der Waals surface area contributed by atoms with Crippen molar-refractivity contribution in [1.82, 2.24) is 15.0 Å². The van der Waals surface area contributed by atoms with Crippen LogP contribution in [0.5, 0.6) is 0 Å². The van der Waals surface area contributed by atoms with Crippen molar-refractivity contribution in [2.45, 2.75) is 32.2 Å². The number of hydrogen-bond acceptors (Lipinski definition) is 5. The molecular weight excluding hydrogens is 220 g/mol. The predicted octanol–water partition coefficient (Wildman–Crippen LogP) is 0.476. The number of hydrogen-bond donors (Lipinski definition) is 1. The molecule has 17 heavy (non-hydrogen) atoms. The van der Waals surface area contributed by atoms with E-state index >= 15 is 0 Å². The van der Waals surface area contributed by atoms with Crippen molar-refractivity contribution in [3.05, 3.63) is 11.4 Å². The summed E-state index contributed by atoms with van der Waals surface area (Å²) in [6.07, 6.45) is 1.55. The summed E-state index contributed by atoms with van der Waals surface area (Å²) in [5.41, 5.74) is 1.63. The smallest absolute Gasteiger partial charge is 0.100 e. The van der Waals surface area contributed by atoms with Crippen LogP contribution in [0.15, 0.2) is 0 Å². The van der Waals surface area contributed by atoms with Crippen molar-refractivity contribution in [2.24, 2.45) is 0 Å². The monoisotopic (exact) mass is 238 g/mol. The molecule has 6 nitrogen and oxygen atoms in total. The number of nitrogens with zero attached hydrogens (tertiary/aromatic N) is 4. The molecule has 0 saturated heterocycles. The van der Waals surface area contributed by atoms with E-state index in [1.54, 1.807) is 11.8 Å². The number of aliphatic hydroxyl groups excluding tert-OH is 1. The first kappa shape index (κ1) is 13.6. The minimum atomic E-state index is 0.0757. The maximum Gasteiger partial charge on any atom is 0.100 e. The van der Waals surface area contributed by atoms with Gasteiger partial charge in [0.05, 0.1) is 30.8 Å². The molecule has 1 N–H and O–H groups in total. The third-order valence-electron chi connectivity index (χ3n) is 2.63. The maximum absolute atomic E-state index is 8.94. The van der Waals surface area contributed by atoms with Crippen molar-refractivity contribution in [3.8, 4) is 6.07 Å². The summed E-state index contributed by atoms with van der Waals surface area (Å²) in [5.74, 6) is 0. The molecule has 0 fully saturated rings. The number of rotatable bonds is 7. The van der Waals surface area contributed by atoms with Crippen LogP contribution in [0.2, 0.25) is 0 Å². The second-order valence-corrected chi connectivity index (χ2v) is 3.87. The predicted molar refractivity (Wildman–Crippen MR) is 61.3 cm³/mol. The van der Waals surface area contributed by atoms with Gasteiger partial charge < -0.3 is 9.84 Å². The van der Waals surface area contributed by atoms with Crippen molar-refractivity contribution in [2.75, 3.05) is 20.3 Å². The Labute approximate surface area is 101 Å². The molecule has 0 amide bonds. The highest BCUT2D eigenvalue weighted by Gasteiger charge is 2.16. The average molecular weight is 238 g/mol. The molecule has 0 radical (unpaired) electrons. The summed E-state index contributed by atoms with van der Waals surface area (Å²) in [7, 11) is 1.63. The molecule has 1 atom stereocenters. The normalized spacial score (nSPS) is 12.4. The van der Waals surface area contributed by atoms with Gasteiger partial charge in [-0.15, -0.1) is 5.10 Å². The number of aromatic nitrogens is 3. The Hall–Kier alpha value is -1.45. The lowest BCUT2D eigenvalue weighted by Crippen LogP contribution is -2.14. The minimum absolute atomic E-state index is 0.0757. The summed E-state index contributed by atoms with van der Waals surface area (Å²) in [6.45, 7) is 2.65. The molecule has 6 heteroatoms. The first-order chi connectivity index (χ1) is 8.24. The molecule has 0 aliphatic carbocycles. The molecule has 0 aliphatic rings. The molecule has 1 aromatic rings. The van der Waals surface area contributed by atoms with E-state index in [1.807, 2.05) is 6.92 Å². The zero-order chi connectivity index (χ0) is 12.7. The first-order valence-corrected chi connectivity index (χ1v) is 5.64. The standard InChI is InChI=1S/C11H18N4O2/c1-9(4-7-16)15-11(5-8-17-2)10(3-6-12)13-14-15/h9,16H,3-5,7-8H2,1-2H3. The van der Waals surface area contributed by atoms with Crippen LogP contribution in [-0.4, -0.2) is 40.4 Å². The highest BCUT2D eigenvalue weighted by atomic mass is 16.5. The fourth-order valence-corrected chi connectivity index (χ4v) is 1.68. The molecule has 0 spiro atoms. The lowest BCUT2D eigenvalue weighted by molar-refractivity contribution is 0.198. The van der Waals surface area contributed by atoms with Gasteiger partial charge in [-0.05, 0) is 13.3 Å². The Morgan fingerprint density at radius 1 is 1.59 bits per heavy atom. The van der Waals surface area contributed by atoms with Gasteiger partial charge in [-0.2, -0.15) is 5.26 Å². The van der Waals surface area contributed by atoms with Crippen molar-refractivity contribution in [1.29, 1.82) is 5.26 Å². The molecule has 1 aromatic heterocycles. The van der Waals surface area contributed by atoms with E-state index in [-0.39, 0.29) is 19.1 Å². The van der Waals surface area contributed by atoms with E-state index in [9.17, 15) is 0 Å². The zero-order valence-electron chi connectivity index (χ0n) is 10.3. The summed E-state index contributed by atoms with van der Waals surface area (Å²) in [5, 5.41) is 25.7. The summed E-state index contributed by atoms with van der Waals surface area (Å²) in [4.78, 5) is 0. The SMILES string of the molecule is COCCc1c(CC#N)nnn1C(C)CCO. The quantitative estimate of drug-likeness (QED) is 0.746. The molecule has 0 aromatic carbocycles. The summed E-state index contributed by atoms with van der Waals surface area (Å²) in [6, 6.07) is 2.15. The lowest BCUT2D eigenvalue weighted by atomic mass is 10.2. The Kier molecular flexibility index (Phi) is 5.60. The van der Waals surface area contributed by atoms with Gasteiger partial charge in [-0.3, -0.25) is 0 Å². The van der Waals surface area contributed by atoms with Crippen LogP contribution in [0.4, 0.5) is 0 Å². The Balaban J connectivity index is 2.91. The van der Waals surface area contributed by atoms with E-state index in [4.69, 9.17) is 15.1 Å². The molecule has 1 unspecified atom stereocenters. The van der Waals surface area contributed by atoms with Gasteiger partial charge in [0, 0.05) is 20.1 Å². The van der Waals surface area contributed by atoms with E-state index in [2.05, 4.69) is 16.4 Å². The maximum atomic E-state index is 8.94. The summed E-state index contributed by atoms with van der Waals surface area (Å²) >= 11 is 0. The zero-order valence-corrected chi connectivity index (χ0v) is 10.3. The minimum Gasteiger partial charge on any atom is -0.396 e. The van der Waals surface area contributed by atoms with Gasteiger partial charge in [0.15, 0.2) is 0 Å². The lowest BCUT2D eigenvalue weighted by Gasteiger charge is -2.13. The van der Waals surface area contributed by atoms with Gasteiger partial charge in [-0.1, -0.05) is 5.21 Å². The van der Waals surface area contributed by atoms with Crippen LogP contribution in [0.1, 0.15) is 30.8 Å². The second-order valence-electron chi connectivity index (χ2n) is 3.87. The number of aliphatic hydroxyl groups is 1. The Morgan fingerprint density at radius 2 is 2.35 bits per heavy atom. The van der Waals surface area contributed by atoms with Crippen LogP contribution in [-0.2, 0) is 17.6 Å². The van der Waals surface area contributed by atoms with Gasteiger partial charge in [-0.25, -0.2) is 4.68 Å². The van der Waals surface area contributed by atoms with Crippen LogP contribution in [0.3, 0.4) is 0 Å². The Bertz CT molecular complexity index is 383. The molecule has 0 saturated carbocycles. The van der Waals surface area contributed by atoms with Crippen LogP contribution >= 0.6 is 0 Å². The van der Waals surface area contributed by atoms with Gasteiger partial charge in [0.2, 0.25) is 0 Å². The third-order valence-corrected chi connectivity index (χ3v) is 2.63. The molecule has 0 aliphatic heterocycles. The third kappa shape index (κ3) is 3.51. The summed E-state index contributed by atoms with van der Waals surface area (Å²) < 4.78 is 6.82. The number of methoxy groups -OCH3 is 1. The average Bonchev–Trinajstić information content (AvgIpc) is 2.70. The molecular formula is C11H18N4O2. The highest BCUT2D eigenvalue weighted by molar-refractivity contribution is 5.15. The van der Waals surface area contributed by atoms with Crippen LogP contribution in [0, 0.1) is 11.3 Å². The van der Waals surface area contributed by atoms with Gasteiger partial charge >= 0.3 is 0 Å². The molecule has 0 bridgehead atoms. The Morgan fingerprint density at radius 3 is 2.94 bits per heavy atom. The number of nitriles is 1. The van der Waals surface area contributed by atoms with Crippen LogP contribution < -0.4 is 0 Å². The fraction of sp³-hybridized carbons (Fsp3) is 0.727. The molecule has 1 rings (SSSR count). The van der Waals surface area contributed by atoms with E-state index in [1.165, 1.54) is 0 Å². The first-order valence-electron chi connectivity index (χ1n) is 5.64. The van der Waals surface area contributed by atoms with Gasteiger partial charge in [0.25, 0.3) is 0 Å². The topological polar surface area (TPSA) is 84.0 Å². The van der Waals surface area contributed by atoms with E-state index in [0.29, 0.717) is 25.1 Å². The van der Waals surface area contributed by atoms with E-state index in [0.717, 1.165) is 5.69 Å². The van der Waals surface area contributed by atoms with Crippen molar-refractivity contribution < 1.29 is 9.84 Å². The van der Waals surface area contributed by atoms with Crippen molar-refractivity contribution in [3.63, 3.8) is 0 Å². The highest BCUT2D eigenvalue weighted by Crippen LogP contribution is 2.15. The number of ether oxygens (including phenoxy) is 1. The fourth-order valence-electron chi connectivity index (χ4n) is 1.68. The largest absolute Gasteiger partial charge is 0.396 e. The van der Waals surface area contributed by atoms with Crippen molar-refractivity contribution >= 4 is 0 Å². The molecule has 94 valence electrons. The van der Waals surface area contributed by atoms with E-state index < -0.39 is 0 Å².